The van der Waals surface area contributed by atoms with Crippen LogP contribution in [0.1, 0.15) is 5.56 Å². The molecule has 0 aliphatic carbocycles. The summed E-state index contributed by atoms with van der Waals surface area (Å²) in [6.07, 6.45) is 0. The fourth-order valence-electron chi connectivity index (χ4n) is 1.58. The van der Waals surface area contributed by atoms with Gasteiger partial charge in [0.25, 0.3) is 0 Å². The van der Waals surface area contributed by atoms with Crippen LogP contribution in [-0.4, -0.2) is 6.72 Å². The maximum absolute atomic E-state index is 5.06. The van der Waals surface area contributed by atoms with Crippen molar-refractivity contribution in [1.29, 1.82) is 0 Å². The van der Waals surface area contributed by atoms with Crippen LogP contribution >= 0.6 is 0 Å². The SMILES string of the molecule is C=NOc1ccc2ccccc2c1C. The molecule has 14 heavy (non-hydrogen) atoms. The second kappa shape index (κ2) is 3.50. The molecule has 0 saturated carbocycles. The molecule has 0 aromatic heterocycles. The highest BCUT2D eigenvalue weighted by molar-refractivity contribution is 5.87. The zero-order chi connectivity index (χ0) is 9.97. The molecule has 0 aliphatic heterocycles. The Morgan fingerprint density at radius 3 is 2.71 bits per heavy atom. The molecule has 0 bridgehead atoms. The van der Waals surface area contributed by atoms with Crippen molar-refractivity contribution in [1.82, 2.24) is 0 Å². The van der Waals surface area contributed by atoms with Gasteiger partial charge < -0.3 is 4.84 Å². The molecule has 0 spiro atoms. The summed E-state index contributed by atoms with van der Waals surface area (Å²) in [6, 6.07) is 12.1. The lowest BCUT2D eigenvalue weighted by Crippen LogP contribution is -1.86. The van der Waals surface area contributed by atoms with Gasteiger partial charge in [0, 0.05) is 12.3 Å². The highest BCUT2D eigenvalue weighted by Crippen LogP contribution is 2.26. The molecule has 0 unspecified atom stereocenters. The zero-order valence-corrected chi connectivity index (χ0v) is 8.03. The van der Waals surface area contributed by atoms with Gasteiger partial charge in [0.1, 0.15) is 0 Å². The van der Waals surface area contributed by atoms with Gasteiger partial charge in [-0.25, -0.2) is 0 Å². The molecule has 0 fully saturated rings. The molecule has 0 atom stereocenters. The Morgan fingerprint density at radius 1 is 1.14 bits per heavy atom. The lowest BCUT2D eigenvalue weighted by atomic mass is 10.1. The zero-order valence-electron chi connectivity index (χ0n) is 8.03. The lowest BCUT2D eigenvalue weighted by Gasteiger charge is -2.06. The average molecular weight is 185 g/mol. The van der Waals surface area contributed by atoms with Gasteiger partial charge in [-0.2, -0.15) is 0 Å². The van der Waals surface area contributed by atoms with Crippen LogP contribution in [0.4, 0.5) is 0 Å². The first-order chi connectivity index (χ1) is 6.83. The van der Waals surface area contributed by atoms with Crippen LogP contribution in [-0.2, 0) is 0 Å². The van der Waals surface area contributed by atoms with Gasteiger partial charge in [-0.1, -0.05) is 35.5 Å². The maximum atomic E-state index is 5.06. The van der Waals surface area contributed by atoms with Crippen LogP contribution in [0.2, 0.25) is 0 Å². The van der Waals surface area contributed by atoms with E-state index in [9.17, 15) is 0 Å². The molecule has 0 aliphatic rings. The number of hydrogen-bond donors (Lipinski definition) is 0. The van der Waals surface area contributed by atoms with Crippen LogP contribution in [0.25, 0.3) is 10.8 Å². The summed E-state index contributed by atoms with van der Waals surface area (Å²) >= 11 is 0. The summed E-state index contributed by atoms with van der Waals surface area (Å²) in [7, 11) is 0. The largest absolute Gasteiger partial charge is 0.357 e. The van der Waals surface area contributed by atoms with E-state index in [2.05, 4.69) is 24.0 Å². The quantitative estimate of drug-likeness (QED) is 0.520. The van der Waals surface area contributed by atoms with Gasteiger partial charge in [0.15, 0.2) is 5.75 Å². The van der Waals surface area contributed by atoms with Gasteiger partial charge in [-0.3, -0.25) is 0 Å². The number of oxime groups is 1. The summed E-state index contributed by atoms with van der Waals surface area (Å²) in [5.41, 5.74) is 1.09. The highest BCUT2D eigenvalue weighted by atomic mass is 16.6. The number of aryl methyl sites for hydroxylation is 1. The molecule has 2 aromatic carbocycles. The maximum Gasteiger partial charge on any atom is 0.161 e. The molecular weight excluding hydrogens is 174 g/mol. The minimum absolute atomic E-state index is 0.763. The van der Waals surface area contributed by atoms with Crippen LogP contribution in [0, 0.1) is 6.92 Å². The number of fused-ring (bicyclic) bond motifs is 1. The van der Waals surface area contributed by atoms with E-state index in [-0.39, 0.29) is 0 Å². The van der Waals surface area contributed by atoms with E-state index in [1.165, 1.54) is 10.8 Å². The molecule has 0 amide bonds. The molecule has 2 nitrogen and oxygen atoms in total. The number of benzene rings is 2. The van der Waals surface area contributed by atoms with E-state index in [1.54, 1.807) is 0 Å². The molecular formula is C12H11NO. The molecule has 70 valence electrons. The third kappa shape index (κ3) is 1.35. The fraction of sp³-hybridized carbons (Fsp3) is 0.0833. The van der Waals surface area contributed by atoms with Gasteiger partial charge in [0.2, 0.25) is 0 Å². The fourth-order valence-corrected chi connectivity index (χ4v) is 1.58. The first-order valence-electron chi connectivity index (χ1n) is 4.44. The minimum Gasteiger partial charge on any atom is -0.357 e. The first kappa shape index (κ1) is 8.75. The normalized spacial score (nSPS) is 10.1. The van der Waals surface area contributed by atoms with Crippen LogP contribution in [0.5, 0.6) is 5.75 Å². The second-order valence-electron chi connectivity index (χ2n) is 3.13. The lowest BCUT2D eigenvalue weighted by molar-refractivity contribution is 0.344. The third-order valence-electron chi connectivity index (χ3n) is 2.31. The number of nitrogens with zero attached hydrogens (tertiary/aromatic N) is 1. The summed E-state index contributed by atoms with van der Waals surface area (Å²) in [6.45, 7) is 5.32. The Bertz CT molecular complexity index is 477. The van der Waals surface area contributed by atoms with Crippen molar-refractivity contribution in [2.24, 2.45) is 5.16 Å². The summed E-state index contributed by atoms with van der Waals surface area (Å²) in [5, 5.41) is 5.82. The molecule has 2 heteroatoms. The summed E-state index contributed by atoms with van der Waals surface area (Å²) in [5.74, 6) is 0.763. The van der Waals surface area contributed by atoms with E-state index in [1.807, 2.05) is 31.2 Å². The summed E-state index contributed by atoms with van der Waals surface area (Å²) in [4.78, 5) is 5.06. The Morgan fingerprint density at radius 2 is 1.93 bits per heavy atom. The van der Waals surface area contributed by atoms with Crippen molar-refractivity contribution in [3.63, 3.8) is 0 Å². The summed E-state index contributed by atoms with van der Waals surface area (Å²) < 4.78 is 0. The van der Waals surface area contributed by atoms with Gasteiger partial charge >= 0.3 is 0 Å². The smallest absolute Gasteiger partial charge is 0.161 e. The Balaban J connectivity index is 2.68. The van der Waals surface area contributed by atoms with Gasteiger partial charge in [-0.15, -0.1) is 0 Å². The molecule has 0 saturated heterocycles. The first-order valence-corrected chi connectivity index (χ1v) is 4.44. The number of rotatable bonds is 2. The van der Waals surface area contributed by atoms with Gasteiger partial charge in [0.05, 0.1) is 0 Å². The molecule has 2 aromatic rings. The third-order valence-corrected chi connectivity index (χ3v) is 2.31. The predicted octanol–water partition coefficient (Wildman–Crippen LogP) is 3.14. The van der Waals surface area contributed by atoms with E-state index in [0.717, 1.165) is 11.3 Å². The van der Waals surface area contributed by atoms with Crippen molar-refractivity contribution in [2.75, 3.05) is 0 Å². The second-order valence-corrected chi connectivity index (χ2v) is 3.13. The van der Waals surface area contributed by atoms with Crippen molar-refractivity contribution in [2.45, 2.75) is 6.92 Å². The van der Waals surface area contributed by atoms with Crippen molar-refractivity contribution < 1.29 is 4.84 Å². The van der Waals surface area contributed by atoms with Crippen LogP contribution in [0.3, 0.4) is 0 Å². The van der Waals surface area contributed by atoms with Crippen molar-refractivity contribution >= 4 is 17.5 Å². The Kier molecular flexibility index (Phi) is 2.19. The highest BCUT2D eigenvalue weighted by Gasteiger charge is 2.03. The topological polar surface area (TPSA) is 21.6 Å². The Labute approximate surface area is 82.8 Å². The van der Waals surface area contributed by atoms with Gasteiger partial charge in [-0.05, 0) is 23.8 Å². The average Bonchev–Trinajstić information content (AvgIpc) is 2.23. The van der Waals surface area contributed by atoms with E-state index in [0.29, 0.717) is 0 Å². The predicted molar refractivity (Wildman–Crippen MR) is 58.9 cm³/mol. The van der Waals surface area contributed by atoms with E-state index >= 15 is 0 Å². The van der Waals surface area contributed by atoms with Crippen LogP contribution < -0.4 is 4.84 Å². The van der Waals surface area contributed by atoms with Crippen LogP contribution in [0.15, 0.2) is 41.6 Å². The molecule has 0 heterocycles. The Hall–Kier alpha value is -1.83. The molecule has 0 radical (unpaired) electrons. The monoisotopic (exact) mass is 185 g/mol. The molecule has 0 N–H and O–H groups in total. The van der Waals surface area contributed by atoms with E-state index in [4.69, 9.17) is 4.84 Å². The number of hydrogen-bond acceptors (Lipinski definition) is 2. The van der Waals surface area contributed by atoms with Crippen molar-refractivity contribution in [3.05, 3.63) is 42.0 Å². The van der Waals surface area contributed by atoms with Crippen molar-refractivity contribution in [3.8, 4) is 5.75 Å². The molecule has 2 rings (SSSR count). The minimum atomic E-state index is 0.763. The standard InChI is InChI=1S/C12H11NO/c1-9-11-6-4-3-5-10(11)7-8-12(9)14-13-2/h3-8H,2H2,1H3. The van der Waals surface area contributed by atoms with E-state index < -0.39 is 0 Å².